The van der Waals surface area contributed by atoms with E-state index in [2.05, 4.69) is 48.8 Å². The highest BCUT2D eigenvalue weighted by molar-refractivity contribution is 9.10. The Morgan fingerprint density at radius 2 is 1.92 bits per heavy atom. The zero-order chi connectivity index (χ0) is 28.6. The van der Waals surface area contributed by atoms with E-state index >= 15 is 0 Å². The van der Waals surface area contributed by atoms with Crippen molar-refractivity contribution in [2.24, 2.45) is 5.73 Å². The van der Waals surface area contributed by atoms with Crippen LogP contribution in [0, 0.1) is 0 Å². The molecule has 15 heteroatoms. The van der Waals surface area contributed by atoms with Gasteiger partial charge in [-0.15, -0.1) is 0 Å². The van der Waals surface area contributed by atoms with Gasteiger partial charge in [0, 0.05) is 23.3 Å². The molecule has 1 aliphatic heterocycles. The molecule has 1 aromatic carbocycles. The zero-order valence-electron chi connectivity index (χ0n) is 20.6. The molecule has 0 radical (unpaired) electrons. The van der Waals surface area contributed by atoms with E-state index in [1.54, 1.807) is 0 Å². The summed E-state index contributed by atoms with van der Waals surface area (Å²) in [5, 5.41) is 30.8. The van der Waals surface area contributed by atoms with Gasteiger partial charge in [0.05, 0.1) is 66.5 Å². The number of phenols is 1. The minimum atomic E-state index is -1.22. The number of aromatic nitrogens is 1. The van der Waals surface area contributed by atoms with Crippen LogP contribution in [0.25, 0.3) is 0 Å². The summed E-state index contributed by atoms with van der Waals surface area (Å²) < 4.78 is 11.3. The van der Waals surface area contributed by atoms with E-state index < -0.39 is 42.6 Å². The summed E-state index contributed by atoms with van der Waals surface area (Å²) in [4.78, 5) is 40.6. The number of halogens is 2. The van der Waals surface area contributed by atoms with Gasteiger partial charge in [0.1, 0.15) is 5.75 Å². The molecule has 210 valence electrons. The van der Waals surface area contributed by atoms with Gasteiger partial charge in [0.15, 0.2) is 5.79 Å². The summed E-state index contributed by atoms with van der Waals surface area (Å²) in [5.74, 6) is -3.30. The van der Waals surface area contributed by atoms with E-state index in [-0.39, 0.29) is 39.5 Å². The Hall–Kier alpha value is -3.43. The van der Waals surface area contributed by atoms with Crippen molar-refractivity contribution < 1.29 is 34.1 Å². The lowest BCUT2D eigenvalue weighted by molar-refractivity contribution is -0.143. The Labute approximate surface area is 237 Å². The molecule has 2 heterocycles. The second-order valence-corrected chi connectivity index (χ2v) is 9.75. The number of hydrogen-bond acceptors (Lipinski definition) is 10. The van der Waals surface area contributed by atoms with Crippen LogP contribution in [0.1, 0.15) is 28.4 Å². The minimum absolute atomic E-state index is 0.108. The highest BCUT2D eigenvalue weighted by atomic mass is 79.9. The topological polar surface area (TPSA) is 197 Å². The number of amides is 2. The fourth-order valence-electron chi connectivity index (χ4n) is 3.65. The number of ether oxygens (including phenoxy) is 2. The van der Waals surface area contributed by atoms with Crippen LogP contribution in [-0.4, -0.2) is 71.6 Å². The number of carbonyl (C=O) groups is 3. The molecule has 3 rings (SSSR count). The molecule has 2 amide bonds. The molecule has 2 aromatic rings. The van der Waals surface area contributed by atoms with E-state index in [0.717, 1.165) is 0 Å². The van der Waals surface area contributed by atoms with Gasteiger partial charge in [-0.05, 0) is 34.1 Å². The van der Waals surface area contributed by atoms with Gasteiger partial charge in [0.25, 0.3) is 5.91 Å². The number of nitrogens with two attached hydrogens (primary N) is 1. The Balaban J connectivity index is 1.56. The standard InChI is InChI=1S/C24H28BrClN6O7/c1-13(30-12-24(11-27)38-2-3-39-24)31-16-4-14(8-28-9-16)23(37)29-10-20(33)32-19(7-21(34)35)17-5-15(26)6-18(25)22(17)36/h4-6,8-9,19,30-31,36H,1-3,7,10-12,27H2,(H,29,37)(H,32,33)(H,34,35). The zero-order valence-corrected chi connectivity index (χ0v) is 23.0. The number of carboxylic acid groups (broad SMARTS) is 1. The first-order chi connectivity index (χ1) is 18.5. The number of carboxylic acids is 1. The van der Waals surface area contributed by atoms with Crippen LogP contribution in [-0.2, 0) is 19.1 Å². The second-order valence-electron chi connectivity index (χ2n) is 8.46. The number of benzene rings is 1. The molecule has 1 saturated heterocycles. The quantitative estimate of drug-likeness (QED) is 0.170. The highest BCUT2D eigenvalue weighted by Crippen LogP contribution is 2.36. The maximum atomic E-state index is 12.6. The molecule has 1 atom stereocenters. The molecule has 1 aromatic heterocycles. The first-order valence-electron chi connectivity index (χ1n) is 11.6. The Morgan fingerprint density at radius 3 is 2.59 bits per heavy atom. The van der Waals surface area contributed by atoms with Crippen LogP contribution in [0.2, 0.25) is 5.02 Å². The minimum Gasteiger partial charge on any atom is -0.506 e. The Kier molecular flexibility index (Phi) is 10.5. The van der Waals surface area contributed by atoms with E-state index in [4.69, 9.17) is 26.8 Å². The first kappa shape index (κ1) is 30.1. The Morgan fingerprint density at radius 1 is 1.21 bits per heavy atom. The summed E-state index contributed by atoms with van der Waals surface area (Å²) in [5.41, 5.74) is 6.45. The predicted octanol–water partition coefficient (Wildman–Crippen LogP) is 1.44. The highest BCUT2D eigenvalue weighted by Gasteiger charge is 2.35. The smallest absolute Gasteiger partial charge is 0.305 e. The number of carbonyl (C=O) groups excluding carboxylic acids is 2. The average Bonchev–Trinajstić information content (AvgIpc) is 3.37. The fourth-order valence-corrected chi connectivity index (χ4v) is 4.49. The molecule has 8 N–H and O–H groups in total. The monoisotopic (exact) mass is 626 g/mol. The second kappa shape index (κ2) is 13.6. The number of nitrogens with one attached hydrogen (secondary N) is 4. The summed E-state index contributed by atoms with van der Waals surface area (Å²) in [7, 11) is 0. The lowest BCUT2D eigenvalue weighted by Crippen LogP contribution is -2.48. The van der Waals surface area contributed by atoms with Crippen LogP contribution in [0.15, 0.2) is 47.5 Å². The summed E-state index contributed by atoms with van der Waals surface area (Å²) >= 11 is 9.15. The molecule has 0 saturated carbocycles. The molecule has 0 bridgehead atoms. The van der Waals surface area contributed by atoms with Crippen LogP contribution in [0.4, 0.5) is 5.69 Å². The molecule has 0 spiro atoms. The molecular weight excluding hydrogens is 600 g/mol. The first-order valence-corrected chi connectivity index (χ1v) is 12.8. The number of rotatable bonds is 13. The van der Waals surface area contributed by atoms with E-state index in [0.29, 0.717) is 24.7 Å². The average molecular weight is 628 g/mol. The van der Waals surface area contributed by atoms with Crippen LogP contribution < -0.4 is 27.0 Å². The van der Waals surface area contributed by atoms with Gasteiger partial charge in [-0.3, -0.25) is 19.4 Å². The van der Waals surface area contributed by atoms with E-state index in [9.17, 15) is 24.6 Å². The Bertz CT molecular complexity index is 1240. The lowest BCUT2D eigenvalue weighted by atomic mass is 10.0. The number of aromatic hydroxyl groups is 1. The normalized spacial score (nSPS) is 14.7. The molecule has 39 heavy (non-hydrogen) atoms. The van der Waals surface area contributed by atoms with Crippen molar-refractivity contribution in [3.63, 3.8) is 0 Å². The maximum Gasteiger partial charge on any atom is 0.305 e. The van der Waals surface area contributed by atoms with Crippen molar-refractivity contribution in [1.29, 1.82) is 0 Å². The molecule has 0 aliphatic carbocycles. The maximum absolute atomic E-state index is 12.6. The number of nitrogens with zero attached hydrogens (tertiary/aromatic N) is 1. The fraction of sp³-hybridized carbons (Fsp3) is 0.333. The SMILES string of the molecule is C=C(NCC1(CN)OCCO1)Nc1cncc(C(=O)NCC(=O)NC(CC(=O)O)c2cc(Cl)cc(Br)c2O)c1. The third kappa shape index (κ3) is 8.53. The predicted molar refractivity (Wildman–Crippen MR) is 145 cm³/mol. The number of aliphatic carboxylic acids is 1. The van der Waals surface area contributed by atoms with Crippen molar-refractivity contribution in [3.8, 4) is 5.75 Å². The van der Waals surface area contributed by atoms with Crippen molar-refractivity contribution in [2.45, 2.75) is 18.2 Å². The third-order valence-electron chi connectivity index (χ3n) is 5.55. The van der Waals surface area contributed by atoms with Gasteiger partial charge in [-0.2, -0.15) is 0 Å². The summed E-state index contributed by atoms with van der Waals surface area (Å²) in [6, 6.07) is 3.18. The van der Waals surface area contributed by atoms with Crippen LogP contribution in [0.3, 0.4) is 0 Å². The summed E-state index contributed by atoms with van der Waals surface area (Å²) in [6.07, 6.45) is 2.26. The number of hydrogen-bond donors (Lipinski definition) is 7. The van der Waals surface area contributed by atoms with Gasteiger partial charge >= 0.3 is 5.97 Å². The van der Waals surface area contributed by atoms with Gasteiger partial charge in [-0.1, -0.05) is 18.2 Å². The van der Waals surface area contributed by atoms with Crippen LogP contribution in [0.5, 0.6) is 5.75 Å². The number of anilines is 1. The molecular formula is C24H28BrClN6O7. The van der Waals surface area contributed by atoms with E-state index in [1.807, 2.05) is 0 Å². The van der Waals surface area contributed by atoms with Gasteiger partial charge in [-0.25, -0.2) is 0 Å². The van der Waals surface area contributed by atoms with Gasteiger partial charge < -0.3 is 46.7 Å². The third-order valence-corrected chi connectivity index (χ3v) is 6.37. The van der Waals surface area contributed by atoms with Crippen molar-refractivity contribution >= 4 is 51.0 Å². The lowest BCUT2D eigenvalue weighted by Gasteiger charge is -2.27. The van der Waals surface area contributed by atoms with E-state index in [1.165, 1.54) is 30.6 Å². The van der Waals surface area contributed by atoms with Crippen LogP contribution >= 0.6 is 27.5 Å². The van der Waals surface area contributed by atoms with Gasteiger partial charge in [0.2, 0.25) is 5.91 Å². The largest absolute Gasteiger partial charge is 0.506 e. The molecule has 1 fully saturated rings. The van der Waals surface area contributed by atoms with Crippen molar-refractivity contribution in [3.05, 3.63) is 63.6 Å². The molecule has 1 unspecified atom stereocenters. The number of phenolic OH excluding ortho intramolecular Hbond substituents is 1. The molecule has 1 aliphatic rings. The van der Waals surface area contributed by atoms with Crippen molar-refractivity contribution in [1.82, 2.24) is 20.9 Å². The number of pyridine rings is 1. The summed E-state index contributed by atoms with van der Waals surface area (Å²) in [6.45, 7) is 4.71. The molecule has 13 nitrogen and oxygen atoms in total. The van der Waals surface area contributed by atoms with Crippen molar-refractivity contribution in [2.75, 3.05) is 38.2 Å².